The Morgan fingerprint density at radius 2 is 2.00 bits per heavy atom. The van der Waals surface area contributed by atoms with Gasteiger partial charge in [-0.2, -0.15) is 0 Å². The van der Waals surface area contributed by atoms with Gasteiger partial charge in [-0.1, -0.05) is 0 Å². The molecule has 0 aromatic carbocycles. The summed E-state index contributed by atoms with van der Waals surface area (Å²) < 4.78 is 5.20. The maximum Gasteiger partial charge on any atom is 0.407 e. The van der Waals surface area contributed by atoms with E-state index in [-0.39, 0.29) is 6.04 Å². The van der Waals surface area contributed by atoms with Crippen molar-refractivity contribution in [3.63, 3.8) is 0 Å². The van der Waals surface area contributed by atoms with Gasteiger partial charge < -0.3 is 20.8 Å². The largest absolute Gasteiger partial charge is 0.444 e. The molecule has 1 unspecified atom stereocenters. The molecule has 0 saturated carbocycles. The normalized spacial score (nSPS) is 18.7. The smallest absolute Gasteiger partial charge is 0.407 e. The number of hydrogen-bond acceptors (Lipinski definition) is 4. The number of carbonyl (C=O) groups excluding carboxylic acids is 1. The van der Waals surface area contributed by atoms with Crippen LogP contribution in [0.25, 0.3) is 0 Å². The van der Waals surface area contributed by atoms with Crippen LogP contribution in [-0.4, -0.2) is 36.5 Å². The van der Waals surface area contributed by atoms with E-state index in [1.54, 1.807) is 0 Å². The van der Waals surface area contributed by atoms with Crippen molar-refractivity contribution in [2.45, 2.75) is 58.6 Å². The van der Waals surface area contributed by atoms with E-state index < -0.39 is 11.7 Å². The number of carbonyl (C=O) groups is 1. The summed E-state index contributed by atoms with van der Waals surface area (Å²) in [6, 6.07) is -0.0581. The summed E-state index contributed by atoms with van der Waals surface area (Å²) in [5.74, 6) is 0.365. The van der Waals surface area contributed by atoms with Crippen molar-refractivity contribution in [2.24, 2.45) is 5.92 Å². The molecule has 0 aliphatic carbocycles. The second-order valence-corrected chi connectivity index (χ2v) is 6.30. The Balaban J connectivity index is 2.31. The van der Waals surface area contributed by atoms with Gasteiger partial charge in [0.15, 0.2) is 0 Å². The Bertz CT molecular complexity index is 317. The lowest BCUT2D eigenvalue weighted by Crippen LogP contribution is -2.40. The van der Waals surface area contributed by atoms with Crippen molar-refractivity contribution in [1.82, 2.24) is 10.6 Å². The molecular formula is C14H27N3O2. The Labute approximate surface area is 116 Å². The van der Waals surface area contributed by atoms with E-state index in [4.69, 9.17) is 10.1 Å². The molecular weight excluding hydrogens is 242 g/mol. The van der Waals surface area contributed by atoms with Gasteiger partial charge in [0.25, 0.3) is 0 Å². The minimum absolute atomic E-state index is 0.0581. The summed E-state index contributed by atoms with van der Waals surface area (Å²) in [5.41, 5.74) is 0.261. The van der Waals surface area contributed by atoms with Crippen LogP contribution in [0, 0.1) is 11.3 Å². The Morgan fingerprint density at radius 1 is 1.42 bits per heavy atom. The van der Waals surface area contributed by atoms with E-state index in [1.807, 2.05) is 27.7 Å². The van der Waals surface area contributed by atoms with E-state index >= 15 is 0 Å². The van der Waals surface area contributed by atoms with Gasteiger partial charge in [0.05, 0.1) is 0 Å². The average Bonchev–Trinajstić information content (AvgIpc) is 2.27. The van der Waals surface area contributed by atoms with E-state index in [2.05, 4.69) is 10.6 Å². The Hall–Kier alpha value is -1.10. The van der Waals surface area contributed by atoms with Gasteiger partial charge in [-0.15, -0.1) is 0 Å². The zero-order valence-electron chi connectivity index (χ0n) is 12.5. The lowest BCUT2D eigenvalue weighted by Gasteiger charge is -2.26. The van der Waals surface area contributed by atoms with E-state index in [0.717, 1.165) is 31.6 Å². The molecule has 5 heteroatoms. The highest BCUT2D eigenvalue weighted by atomic mass is 16.6. The summed E-state index contributed by atoms with van der Waals surface area (Å²) in [6.45, 7) is 9.42. The second-order valence-electron chi connectivity index (χ2n) is 6.30. The maximum absolute atomic E-state index is 11.6. The van der Waals surface area contributed by atoms with Crippen molar-refractivity contribution in [3.05, 3.63) is 0 Å². The lowest BCUT2D eigenvalue weighted by molar-refractivity contribution is 0.0510. The average molecular weight is 269 g/mol. The zero-order chi connectivity index (χ0) is 14.5. The molecule has 1 saturated heterocycles. The van der Waals surface area contributed by atoms with E-state index in [1.165, 1.54) is 0 Å². The third-order valence-electron chi connectivity index (χ3n) is 3.12. The highest BCUT2D eigenvalue weighted by Crippen LogP contribution is 2.16. The molecule has 0 bridgehead atoms. The van der Waals surface area contributed by atoms with Gasteiger partial charge >= 0.3 is 6.09 Å². The van der Waals surface area contributed by atoms with Crippen LogP contribution in [0.3, 0.4) is 0 Å². The third kappa shape index (κ3) is 6.57. The summed E-state index contributed by atoms with van der Waals surface area (Å²) in [7, 11) is 0. The molecule has 1 aliphatic rings. The highest BCUT2D eigenvalue weighted by molar-refractivity contribution is 5.85. The molecule has 110 valence electrons. The third-order valence-corrected chi connectivity index (χ3v) is 3.12. The first-order chi connectivity index (χ1) is 8.78. The second kappa shape index (κ2) is 6.89. The molecule has 0 spiro atoms. The number of alkyl carbamates (subject to hydrolysis) is 1. The highest BCUT2D eigenvalue weighted by Gasteiger charge is 2.21. The van der Waals surface area contributed by atoms with Gasteiger partial charge in [-0.05, 0) is 59.5 Å². The lowest BCUT2D eigenvalue weighted by atomic mass is 9.90. The molecule has 1 aliphatic heterocycles. The van der Waals surface area contributed by atoms with Gasteiger partial charge in [-0.25, -0.2) is 4.79 Å². The molecule has 5 nitrogen and oxygen atoms in total. The summed E-state index contributed by atoms with van der Waals surface area (Å²) in [5, 5.41) is 14.2. The maximum atomic E-state index is 11.6. The van der Waals surface area contributed by atoms with Crippen molar-refractivity contribution in [2.75, 3.05) is 13.1 Å². The number of hydrogen-bond donors (Lipinski definition) is 3. The fraction of sp³-hybridized carbons (Fsp3) is 0.857. The first kappa shape index (κ1) is 16.0. The molecule has 1 heterocycles. The summed E-state index contributed by atoms with van der Waals surface area (Å²) in [4.78, 5) is 11.6. The predicted molar refractivity (Wildman–Crippen MR) is 76.8 cm³/mol. The van der Waals surface area contributed by atoms with Crippen molar-refractivity contribution < 1.29 is 9.53 Å². The molecule has 0 aromatic rings. The van der Waals surface area contributed by atoms with Crippen LogP contribution in [0.2, 0.25) is 0 Å². The molecule has 1 amide bonds. The zero-order valence-corrected chi connectivity index (χ0v) is 12.5. The van der Waals surface area contributed by atoms with Crippen LogP contribution in [-0.2, 0) is 4.74 Å². The fourth-order valence-electron chi connectivity index (χ4n) is 2.23. The number of piperidine rings is 1. The SMILES string of the molecule is CC(CC(=N)C1CCNCC1)NC(=O)OC(C)(C)C. The molecule has 1 atom stereocenters. The summed E-state index contributed by atoms with van der Waals surface area (Å²) in [6.07, 6.45) is 2.25. The fourth-order valence-corrected chi connectivity index (χ4v) is 2.23. The van der Waals surface area contributed by atoms with Gasteiger partial charge in [0.1, 0.15) is 5.60 Å². The predicted octanol–water partition coefficient (Wildman–Crippen LogP) is 2.31. The quantitative estimate of drug-likeness (QED) is 0.686. The van der Waals surface area contributed by atoms with Crippen LogP contribution in [0.1, 0.15) is 47.0 Å². The summed E-state index contributed by atoms with van der Waals surface area (Å²) >= 11 is 0. The van der Waals surface area contributed by atoms with Crippen LogP contribution in [0.4, 0.5) is 4.79 Å². The van der Waals surface area contributed by atoms with Crippen LogP contribution < -0.4 is 10.6 Å². The number of nitrogens with one attached hydrogen (secondary N) is 3. The number of ether oxygens (including phenoxy) is 1. The minimum atomic E-state index is -0.480. The van der Waals surface area contributed by atoms with Gasteiger partial charge in [-0.3, -0.25) is 0 Å². The number of rotatable bonds is 4. The first-order valence-electron chi connectivity index (χ1n) is 7.05. The van der Waals surface area contributed by atoms with Crippen LogP contribution in [0.5, 0.6) is 0 Å². The Morgan fingerprint density at radius 3 is 2.53 bits per heavy atom. The molecule has 19 heavy (non-hydrogen) atoms. The standard InChI is InChI=1S/C14H27N3O2/c1-10(17-13(18)19-14(2,3)4)9-12(15)11-5-7-16-8-6-11/h10-11,15-16H,5-9H2,1-4H3,(H,17,18). The monoisotopic (exact) mass is 269 g/mol. The van der Waals surface area contributed by atoms with E-state index in [0.29, 0.717) is 12.3 Å². The van der Waals surface area contributed by atoms with Crippen LogP contribution >= 0.6 is 0 Å². The molecule has 0 radical (unpaired) electrons. The molecule has 3 N–H and O–H groups in total. The van der Waals surface area contributed by atoms with Crippen LogP contribution in [0.15, 0.2) is 0 Å². The molecule has 0 aromatic heterocycles. The minimum Gasteiger partial charge on any atom is -0.444 e. The number of amides is 1. The Kier molecular flexibility index (Phi) is 5.79. The molecule has 1 rings (SSSR count). The van der Waals surface area contributed by atoms with Crippen molar-refractivity contribution in [1.29, 1.82) is 5.41 Å². The molecule has 1 fully saturated rings. The van der Waals surface area contributed by atoms with Gasteiger partial charge in [0.2, 0.25) is 0 Å². The van der Waals surface area contributed by atoms with E-state index in [9.17, 15) is 4.79 Å². The van der Waals surface area contributed by atoms with Crippen molar-refractivity contribution >= 4 is 11.8 Å². The first-order valence-corrected chi connectivity index (χ1v) is 7.05. The topological polar surface area (TPSA) is 74.2 Å². The van der Waals surface area contributed by atoms with Crippen molar-refractivity contribution in [3.8, 4) is 0 Å². The van der Waals surface area contributed by atoms with Gasteiger partial charge in [0, 0.05) is 18.2 Å².